The van der Waals surface area contributed by atoms with E-state index < -0.39 is 5.54 Å². The van der Waals surface area contributed by atoms with E-state index in [-0.39, 0.29) is 24.3 Å². The van der Waals surface area contributed by atoms with Gasteiger partial charge in [-0.3, -0.25) is 14.5 Å². The lowest BCUT2D eigenvalue weighted by Crippen LogP contribution is -2.70. The number of nitrogens with zero attached hydrogens (tertiary/aromatic N) is 1. The number of hydrogen-bond donors (Lipinski definition) is 1. The summed E-state index contributed by atoms with van der Waals surface area (Å²) >= 11 is 0. The molecule has 1 unspecified atom stereocenters. The molecule has 2 aromatic rings. The van der Waals surface area contributed by atoms with Crippen molar-refractivity contribution in [3.05, 3.63) is 72.3 Å². The van der Waals surface area contributed by atoms with Gasteiger partial charge < -0.3 is 5.32 Å². The van der Waals surface area contributed by atoms with Crippen LogP contribution in [0.25, 0.3) is 6.08 Å². The molecule has 2 aromatic carbocycles. The monoisotopic (exact) mass is 374 g/mol. The number of anilines is 1. The van der Waals surface area contributed by atoms with Gasteiger partial charge in [-0.1, -0.05) is 73.9 Å². The van der Waals surface area contributed by atoms with Crippen LogP contribution >= 0.6 is 0 Å². The molecule has 1 aliphatic heterocycles. The first-order valence-electron chi connectivity index (χ1n) is 10.1. The van der Waals surface area contributed by atoms with Crippen molar-refractivity contribution in [2.75, 3.05) is 4.90 Å². The summed E-state index contributed by atoms with van der Waals surface area (Å²) in [5.41, 5.74) is 0.807. The van der Waals surface area contributed by atoms with Crippen molar-refractivity contribution in [2.24, 2.45) is 0 Å². The Morgan fingerprint density at radius 1 is 0.964 bits per heavy atom. The lowest BCUT2D eigenvalue weighted by molar-refractivity contribution is -0.137. The summed E-state index contributed by atoms with van der Waals surface area (Å²) in [6, 6.07) is 19.6. The quantitative estimate of drug-likeness (QED) is 0.792. The molecule has 1 atom stereocenters. The van der Waals surface area contributed by atoms with E-state index >= 15 is 0 Å². The first kappa shape index (κ1) is 18.5. The Bertz CT molecular complexity index is 857. The Kier molecular flexibility index (Phi) is 5.29. The van der Waals surface area contributed by atoms with Crippen LogP contribution in [0.1, 0.15) is 44.1 Å². The molecule has 144 valence electrons. The molecule has 0 bridgehead atoms. The molecule has 0 aromatic heterocycles. The molecule has 4 heteroatoms. The van der Waals surface area contributed by atoms with Crippen molar-refractivity contribution < 1.29 is 9.59 Å². The number of hydrogen-bond acceptors (Lipinski definition) is 2. The van der Waals surface area contributed by atoms with E-state index in [2.05, 4.69) is 5.32 Å². The van der Waals surface area contributed by atoms with Gasteiger partial charge in [0.1, 0.15) is 0 Å². The highest BCUT2D eigenvalue weighted by molar-refractivity contribution is 6.15. The van der Waals surface area contributed by atoms with Gasteiger partial charge in [-0.15, -0.1) is 0 Å². The molecule has 1 saturated carbocycles. The van der Waals surface area contributed by atoms with Crippen LogP contribution in [-0.4, -0.2) is 23.4 Å². The smallest absolute Gasteiger partial charge is 0.251 e. The third kappa shape index (κ3) is 3.59. The minimum Gasteiger partial charge on any atom is -0.351 e. The summed E-state index contributed by atoms with van der Waals surface area (Å²) in [7, 11) is 0. The van der Waals surface area contributed by atoms with Crippen LogP contribution in [0.5, 0.6) is 0 Å². The lowest BCUT2D eigenvalue weighted by Gasteiger charge is -2.49. The summed E-state index contributed by atoms with van der Waals surface area (Å²) in [4.78, 5) is 27.6. The van der Waals surface area contributed by atoms with Crippen LogP contribution in [0.4, 0.5) is 5.69 Å². The van der Waals surface area contributed by atoms with E-state index in [9.17, 15) is 9.59 Å². The fourth-order valence-corrected chi connectivity index (χ4v) is 4.22. The van der Waals surface area contributed by atoms with Crippen LogP contribution in [0, 0.1) is 0 Å². The molecule has 2 fully saturated rings. The van der Waals surface area contributed by atoms with Crippen LogP contribution in [0.3, 0.4) is 0 Å². The van der Waals surface area contributed by atoms with Crippen molar-refractivity contribution in [3.63, 3.8) is 0 Å². The summed E-state index contributed by atoms with van der Waals surface area (Å²) in [6.45, 7) is 0. The number of rotatable bonds is 5. The molecule has 0 spiro atoms. The zero-order valence-corrected chi connectivity index (χ0v) is 16.0. The van der Waals surface area contributed by atoms with Crippen molar-refractivity contribution in [3.8, 4) is 0 Å². The Balaban J connectivity index is 1.65. The molecule has 1 N–H and O–H groups in total. The third-order valence-electron chi connectivity index (χ3n) is 5.77. The summed E-state index contributed by atoms with van der Waals surface area (Å²) in [5.74, 6) is -0.0993. The van der Waals surface area contributed by atoms with E-state index in [1.807, 2.05) is 72.8 Å². The number of carbonyl (C=O) groups excluding carboxylic acids is 2. The SMILES string of the molecule is O=C1CC(C=Cc2ccccc2)(C(=O)NC2CCCCC2)N1c1ccccc1. The molecule has 4 rings (SSSR count). The van der Waals surface area contributed by atoms with Crippen LogP contribution in [-0.2, 0) is 9.59 Å². The molecule has 1 heterocycles. The Labute approximate surface area is 166 Å². The maximum absolute atomic E-state index is 13.4. The molecule has 1 aliphatic carbocycles. The number of nitrogens with one attached hydrogen (secondary N) is 1. The van der Waals surface area contributed by atoms with Crippen molar-refractivity contribution in [2.45, 2.75) is 50.1 Å². The van der Waals surface area contributed by atoms with Gasteiger partial charge in [0, 0.05) is 11.7 Å². The normalized spacial score (nSPS) is 22.9. The van der Waals surface area contributed by atoms with Gasteiger partial charge in [-0.25, -0.2) is 0 Å². The maximum Gasteiger partial charge on any atom is 0.251 e. The fraction of sp³-hybridized carbons (Fsp3) is 0.333. The highest BCUT2D eigenvalue weighted by Crippen LogP contribution is 2.39. The Morgan fingerprint density at radius 3 is 2.25 bits per heavy atom. The Hall–Kier alpha value is -2.88. The molecule has 0 radical (unpaired) electrons. The van der Waals surface area contributed by atoms with E-state index in [4.69, 9.17) is 0 Å². The Morgan fingerprint density at radius 2 is 1.61 bits per heavy atom. The zero-order valence-electron chi connectivity index (χ0n) is 16.0. The van der Waals surface area contributed by atoms with Crippen molar-refractivity contribution in [1.29, 1.82) is 0 Å². The van der Waals surface area contributed by atoms with Gasteiger partial charge in [0.2, 0.25) is 5.91 Å². The molecule has 28 heavy (non-hydrogen) atoms. The second-order valence-electron chi connectivity index (χ2n) is 7.72. The van der Waals surface area contributed by atoms with Gasteiger partial charge in [0.15, 0.2) is 5.54 Å². The molecule has 2 aliphatic rings. The summed E-state index contributed by atoms with van der Waals surface area (Å²) in [5, 5.41) is 3.23. The van der Waals surface area contributed by atoms with Gasteiger partial charge in [0.25, 0.3) is 5.91 Å². The van der Waals surface area contributed by atoms with E-state index in [0.717, 1.165) is 36.9 Å². The summed E-state index contributed by atoms with van der Waals surface area (Å²) in [6.07, 6.45) is 9.62. The molecule has 1 saturated heterocycles. The number of amides is 2. The van der Waals surface area contributed by atoms with Gasteiger partial charge >= 0.3 is 0 Å². The first-order valence-corrected chi connectivity index (χ1v) is 10.1. The second kappa shape index (κ2) is 8.01. The van der Waals surface area contributed by atoms with Gasteiger partial charge in [0.05, 0.1) is 6.42 Å². The first-order chi connectivity index (χ1) is 13.7. The van der Waals surface area contributed by atoms with Crippen LogP contribution < -0.4 is 10.2 Å². The van der Waals surface area contributed by atoms with Crippen LogP contribution in [0.2, 0.25) is 0 Å². The molecule has 2 amide bonds. The zero-order chi connectivity index (χ0) is 19.4. The highest BCUT2D eigenvalue weighted by atomic mass is 16.2. The molecule has 4 nitrogen and oxygen atoms in total. The highest BCUT2D eigenvalue weighted by Gasteiger charge is 2.55. The number of carbonyl (C=O) groups is 2. The minimum absolute atomic E-state index is 0.0253. The second-order valence-corrected chi connectivity index (χ2v) is 7.72. The van der Waals surface area contributed by atoms with Crippen molar-refractivity contribution in [1.82, 2.24) is 5.32 Å². The van der Waals surface area contributed by atoms with E-state index in [1.54, 1.807) is 4.90 Å². The molecular formula is C24H26N2O2. The van der Waals surface area contributed by atoms with Crippen molar-refractivity contribution >= 4 is 23.6 Å². The van der Waals surface area contributed by atoms with E-state index in [0.29, 0.717) is 0 Å². The maximum atomic E-state index is 13.4. The van der Waals surface area contributed by atoms with Gasteiger partial charge in [-0.2, -0.15) is 0 Å². The average molecular weight is 374 g/mol. The minimum atomic E-state index is -0.967. The van der Waals surface area contributed by atoms with Gasteiger partial charge in [-0.05, 0) is 36.6 Å². The number of β-lactam (4-membered cyclic amide) rings is 1. The third-order valence-corrected chi connectivity index (χ3v) is 5.77. The topological polar surface area (TPSA) is 49.4 Å². The number of para-hydroxylation sites is 1. The largest absolute Gasteiger partial charge is 0.351 e. The van der Waals surface area contributed by atoms with Crippen LogP contribution in [0.15, 0.2) is 66.7 Å². The summed E-state index contributed by atoms with van der Waals surface area (Å²) < 4.78 is 0. The molecular weight excluding hydrogens is 348 g/mol. The lowest BCUT2D eigenvalue weighted by atomic mass is 9.80. The predicted molar refractivity (Wildman–Crippen MR) is 112 cm³/mol. The predicted octanol–water partition coefficient (Wildman–Crippen LogP) is 4.32. The average Bonchev–Trinajstić information content (AvgIpc) is 2.73. The standard InChI is InChI=1S/C24H26N2O2/c27-22-18-24(17-16-19-10-4-1-5-11-19,26(22)21-14-8-3-9-15-21)23(28)25-20-12-6-2-7-13-20/h1,3-5,8-11,14-17,20H,2,6-7,12-13,18H2,(H,25,28). The van der Waals surface area contributed by atoms with E-state index in [1.165, 1.54) is 6.42 Å². The number of benzene rings is 2. The fourth-order valence-electron chi connectivity index (χ4n) is 4.22.